The first-order chi connectivity index (χ1) is 5.34. The number of nitrogens with zero attached hydrogens (tertiary/aromatic N) is 4. The van der Waals surface area contributed by atoms with Gasteiger partial charge in [-0.25, -0.2) is 0 Å². The first kappa shape index (κ1) is 7.53. The number of pyridine rings is 1. The molecule has 0 aliphatic heterocycles. The molecule has 1 heterocycles. The minimum Gasteiger partial charge on any atom is -0.262 e. The maximum absolute atomic E-state index is 3.88. The van der Waals surface area contributed by atoms with E-state index in [4.69, 9.17) is 0 Å². The summed E-state index contributed by atoms with van der Waals surface area (Å²) in [6, 6.07) is 1.86. The standard InChI is InChI=1S/C7H8N4/c1-6-3-4-9-5-7(6)10-11-8-2/h3-5H,2H2,1H3/b11-10-. The third kappa shape index (κ3) is 1.93. The molecule has 0 aliphatic carbocycles. The lowest BCUT2D eigenvalue weighted by Crippen LogP contribution is -1.74. The first-order valence-electron chi connectivity index (χ1n) is 3.12. The van der Waals surface area contributed by atoms with E-state index in [1.807, 2.05) is 13.0 Å². The molecule has 4 heteroatoms. The first-order valence-corrected chi connectivity index (χ1v) is 3.12. The van der Waals surface area contributed by atoms with E-state index in [0.717, 1.165) is 11.3 Å². The van der Waals surface area contributed by atoms with Crippen LogP contribution in [-0.2, 0) is 0 Å². The Morgan fingerprint density at radius 3 is 3.00 bits per heavy atom. The van der Waals surface area contributed by atoms with Gasteiger partial charge in [0.1, 0.15) is 5.69 Å². The molecule has 11 heavy (non-hydrogen) atoms. The zero-order valence-corrected chi connectivity index (χ0v) is 6.23. The maximum atomic E-state index is 3.88. The van der Waals surface area contributed by atoms with E-state index < -0.39 is 0 Å². The smallest absolute Gasteiger partial charge is 0.109 e. The molecule has 0 radical (unpaired) electrons. The highest BCUT2D eigenvalue weighted by Gasteiger charge is 1.92. The quantitative estimate of drug-likeness (QED) is 0.360. The third-order valence-electron chi connectivity index (χ3n) is 1.23. The maximum Gasteiger partial charge on any atom is 0.109 e. The van der Waals surface area contributed by atoms with Crippen LogP contribution in [0.15, 0.2) is 33.9 Å². The highest BCUT2D eigenvalue weighted by Crippen LogP contribution is 2.15. The van der Waals surface area contributed by atoms with Crippen LogP contribution in [-0.4, -0.2) is 11.7 Å². The second kappa shape index (κ2) is 3.55. The van der Waals surface area contributed by atoms with Crippen molar-refractivity contribution in [2.24, 2.45) is 15.4 Å². The Kier molecular flexibility index (Phi) is 2.43. The SMILES string of the molecule is C=N/N=N\c1cnccc1C. The molecule has 0 bridgehead atoms. The zero-order valence-electron chi connectivity index (χ0n) is 6.23. The van der Waals surface area contributed by atoms with Gasteiger partial charge in [0.2, 0.25) is 0 Å². The molecule has 1 aromatic heterocycles. The summed E-state index contributed by atoms with van der Waals surface area (Å²) in [5, 5.41) is 10.4. The van der Waals surface area contributed by atoms with E-state index in [9.17, 15) is 0 Å². The summed E-state index contributed by atoms with van der Waals surface area (Å²) in [6.07, 6.45) is 3.33. The van der Waals surface area contributed by atoms with Crippen molar-refractivity contribution >= 4 is 12.4 Å². The number of aryl methyl sites for hydroxylation is 1. The van der Waals surface area contributed by atoms with Crippen LogP contribution in [0.5, 0.6) is 0 Å². The van der Waals surface area contributed by atoms with Gasteiger partial charge in [-0.1, -0.05) is 0 Å². The lowest BCUT2D eigenvalue weighted by atomic mass is 10.3. The average molecular weight is 148 g/mol. The molecule has 0 saturated carbocycles. The van der Waals surface area contributed by atoms with Crippen molar-refractivity contribution in [2.75, 3.05) is 0 Å². The van der Waals surface area contributed by atoms with Gasteiger partial charge in [0.05, 0.1) is 6.20 Å². The van der Waals surface area contributed by atoms with Crippen LogP contribution >= 0.6 is 0 Å². The predicted octanol–water partition coefficient (Wildman–Crippen LogP) is 2.09. The fourth-order valence-electron chi connectivity index (χ4n) is 0.640. The Morgan fingerprint density at radius 1 is 1.55 bits per heavy atom. The van der Waals surface area contributed by atoms with Crippen molar-refractivity contribution in [3.05, 3.63) is 24.0 Å². The van der Waals surface area contributed by atoms with Crippen molar-refractivity contribution in [1.82, 2.24) is 4.98 Å². The fraction of sp³-hybridized carbons (Fsp3) is 0.143. The molecule has 0 aliphatic rings. The molecule has 1 rings (SSSR count). The van der Waals surface area contributed by atoms with Gasteiger partial charge in [-0.3, -0.25) is 4.98 Å². The summed E-state index contributed by atoms with van der Waals surface area (Å²) in [5.41, 5.74) is 1.74. The van der Waals surface area contributed by atoms with Crippen molar-refractivity contribution < 1.29 is 0 Å². The van der Waals surface area contributed by atoms with Crippen LogP contribution in [0.25, 0.3) is 0 Å². The Bertz CT molecular complexity index is 280. The topological polar surface area (TPSA) is 50.0 Å². The van der Waals surface area contributed by atoms with Gasteiger partial charge in [-0.2, -0.15) is 0 Å². The molecule has 0 atom stereocenters. The largest absolute Gasteiger partial charge is 0.262 e. The second-order valence-corrected chi connectivity index (χ2v) is 1.99. The van der Waals surface area contributed by atoms with E-state index in [0.29, 0.717) is 0 Å². The van der Waals surface area contributed by atoms with E-state index in [2.05, 4.69) is 27.1 Å². The van der Waals surface area contributed by atoms with Crippen LogP contribution in [0.3, 0.4) is 0 Å². The molecule has 0 aromatic carbocycles. The molecule has 0 fully saturated rings. The predicted molar refractivity (Wildman–Crippen MR) is 43.0 cm³/mol. The molecule has 1 aromatic rings. The van der Waals surface area contributed by atoms with Crippen LogP contribution in [0, 0.1) is 6.92 Å². The highest BCUT2D eigenvalue weighted by molar-refractivity contribution is 5.41. The molecule has 0 spiro atoms. The summed E-state index contributed by atoms with van der Waals surface area (Å²) < 4.78 is 0. The monoisotopic (exact) mass is 148 g/mol. The van der Waals surface area contributed by atoms with Crippen LogP contribution in [0.1, 0.15) is 5.56 Å². The summed E-state index contributed by atoms with van der Waals surface area (Å²) in [4.78, 5) is 3.88. The van der Waals surface area contributed by atoms with Crippen molar-refractivity contribution in [3.63, 3.8) is 0 Å². The number of hydrogen-bond donors (Lipinski definition) is 0. The molecular formula is C7H8N4. The molecule has 0 unspecified atom stereocenters. The van der Waals surface area contributed by atoms with Crippen LogP contribution in [0.4, 0.5) is 5.69 Å². The molecule has 56 valence electrons. The third-order valence-corrected chi connectivity index (χ3v) is 1.23. The molecular weight excluding hydrogens is 140 g/mol. The zero-order chi connectivity index (χ0) is 8.10. The molecule has 0 saturated heterocycles. The Morgan fingerprint density at radius 2 is 2.36 bits per heavy atom. The number of aromatic nitrogens is 1. The normalized spacial score (nSPS) is 10.3. The van der Waals surface area contributed by atoms with Crippen molar-refractivity contribution in [1.29, 1.82) is 0 Å². The number of hydrogen-bond acceptors (Lipinski definition) is 3. The summed E-state index contributed by atoms with van der Waals surface area (Å²) >= 11 is 0. The Balaban J connectivity index is 2.94. The minimum atomic E-state index is 0.722. The van der Waals surface area contributed by atoms with Gasteiger partial charge in [0.15, 0.2) is 0 Å². The van der Waals surface area contributed by atoms with E-state index in [-0.39, 0.29) is 0 Å². The lowest BCUT2D eigenvalue weighted by Gasteiger charge is -1.93. The lowest BCUT2D eigenvalue weighted by molar-refractivity contribution is 1.05. The summed E-state index contributed by atoms with van der Waals surface area (Å²) in [5.74, 6) is 0. The van der Waals surface area contributed by atoms with Gasteiger partial charge in [-0.05, 0) is 23.8 Å². The van der Waals surface area contributed by atoms with Crippen molar-refractivity contribution in [3.8, 4) is 0 Å². The highest BCUT2D eigenvalue weighted by atomic mass is 15.4. The summed E-state index contributed by atoms with van der Waals surface area (Å²) in [6.45, 7) is 5.10. The van der Waals surface area contributed by atoms with Gasteiger partial charge in [-0.15, -0.1) is 10.2 Å². The van der Waals surface area contributed by atoms with Gasteiger partial charge in [0.25, 0.3) is 0 Å². The number of rotatable bonds is 2. The molecule has 0 amide bonds. The van der Waals surface area contributed by atoms with E-state index in [1.165, 1.54) is 0 Å². The van der Waals surface area contributed by atoms with E-state index in [1.54, 1.807) is 12.4 Å². The Labute approximate surface area is 64.7 Å². The average Bonchev–Trinajstić information content (AvgIpc) is 2.03. The molecule has 0 N–H and O–H groups in total. The fourth-order valence-corrected chi connectivity index (χ4v) is 0.640. The van der Waals surface area contributed by atoms with E-state index >= 15 is 0 Å². The second-order valence-electron chi connectivity index (χ2n) is 1.99. The van der Waals surface area contributed by atoms with Crippen LogP contribution in [0.2, 0.25) is 0 Å². The Hall–Kier alpha value is -1.58. The van der Waals surface area contributed by atoms with Gasteiger partial charge in [0, 0.05) is 12.9 Å². The van der Waals surface area contributed by atoms with Crippen LogP contribution < -0.4 is 0 Å². The van der Waals surface area contributed by atoms with Gasteiger partial charge < -0.3 is 0 Å². The van der Waals surface area contributed by atoms with Gasteiger partial charge >= 0.3 is 0 Å². The van der Waals surface area contributed by atoms with Crippen molar-refractivity contribution in [2.45, 2.75) is 6.92 Å². The molecule has 4 nitrogen and oxygen atoms in total. The summed E-state index contributed by atoms with van der Waals surface area (Å²) in [7, 11) is 0. The minimum absolute atomic E-state index is 0.722.